The summed E-state index contributed by atoms with van der Waals surface area (Å²) in [7, 11) is -4.50. The number of ketones is 1. The Kier molecular flexibility index (Phi) is 7.86. The lowest BCUT2D eigenvalue weighted by atomic mass is 9.76. The van der Waals surface area contributed by atoms with Gasteiger partial charge in [0.25, 0.3) is 0 Å². The van der Waals surface area contributed by atoms with Gasteiger partial charge in [0.1, 0.15) is 17.2 Å². The molecule has 6 N–H and O–H groups in total. The van der Waals surface area contributed by atoms with Crippen molar-refractivity contribution in [1.29, 1.82) is 0 Å². The molecule has 1 heterocycles. The summed E-state index contributed by atoms with van der Waals surface area (Å²) in [5.74, 6) is -1.80. The molecular weight excluding hydrogens is 584 g/mol. The molecule has 1 amide bonds. The fourth-order valence-electron chi connectivity index (χ4n) is 5.14. The van der Waals surface area contributed by atoms with E-state index in [2.05, 4.69) is 4.40 Å². The van der Waals surface area contributed by atoms with Gasteiger partial charge in [-0.25, -0.2) is 14.6 Å². The van der Waals surface area contributed by atoms with E-state index in [-0.39, 0.29) is 39.2 Å². The SMILES string of the molecule is CC1C(=O)C(C2=NSc3cc(NS(=O)(=O)NC(=O)O)cc(O)c3N2O)=C(CCCc2ccccc2)c2cccc(O)c21. The van der Waals surface area contributed by atoms with Crippen molar-refractivity contribution in [2.75, 3.05) is 9.79 Å². The second-order valence-electron chi connectivity index (χ2n) is 9.69. The van der Waals surface area contributed by atoms with Crippen LogP contribution in [0.2, 0.25) is 0 Å². The molecule has 3 aromatic rings. The molecule has 2 aliphatic rings. The summed E-state index contributed by atoms with van der Waals surface area (Å²) in [4.78, 5) is 24.7. The topological polar surface area (TPSA) is 189 Å². The first-order valence-corrected chi connectivity index (χ1v) is 15.0. The summed E-state index contributed by atoms with van der Waals surface area (Å²) in [5, 5.41) is 42.0. The number of amides is 1. The Bertz CT molecular complexity index is 1760. The van der Waals surface area contributed by atoms with Gasteiger partial charge in [0, 0.05) is 29.5 Å². The number of carbonyl (C=O) groups is 2. The first-order valence-electron chi connectivity index (χ1n) is 12.7. The summed E-state index contributed by atoms with van der Waals surface area (Å²) in [6, 6.07) is 17.1. The Morgan fingerprint density at radius 1 is 1.05 bits per heavy atom. The van der Waals surface area contributed by atoms with E-state index in [0.29, 0.717) is 34.6 Å². The highest BCUT2D eigenvalue weighted by Gasteiger charge is 2.39. The van der Waals surface area contributed by atoms with Gasteiger partial charge >= 0.3 is 16.3 Å². The van der Waals surface area contributed by atoms with Crippen LogP contribution in [0.3, 0.4) is 0 Å². The number of hydrogen-bond donors (Lipinski definition) is 6. The van der Waals surface area contributed by atoms with Crippen LogP contribution in [0.15, 0.2) is 75.5 Å². The number of hydrogen-bond acceptors (Lipinski definition) is 10. The third-order valence-electron chi connectivity index (χ3n) is 6.91. The van der Waals surface area contributed by atoms with Gasteiger partial charge in [-0.3, -0.25) is 14.7 Å². The standard InChI is InChI=1S/C28H26N4O8S2/c1-15-23-18(11-6-12-20(23)33)19(10-5-9-16-7-3-2-4-8-16)24(26(15)35)27-29-41-22-14-17(13-21(34)25(22)32(27)38)30-42(39,40)31-28(36)37/h2-4,6-8,11-15,30-31,33-34,38H,5,9-10H2,1H3,(H,36,37). The zero-order valence-corrected chi connectivity index (χ0v) is 23.7. The highest BCUT2D eigenvalue weighted by molar-refractivity contribution is 7.98. The molecule has 0 radical (unpaired) electrons. The smallest absolute Gasteiger partial charge is 0.419 e. The maximum absolute atomic E-state index is 13.8. The molecule has 3 aromatic carbocycles. The van der Waals surface area contributed by atoms with Crippen molar-refractivity contribution in [1.82, 2.24) is 4.72 Å². The van der Waals surface area contributed by atoms with E-state index in [1.165, 1.54) is 16.9 Å². The monoisotopic (exact) mass is 610 g/mol. The molecule has 0 bridgehead atoms. The maximum atomic E-state index is 13.8. The minimum atomic E-state index is -4.50. The Balaban J connectivity index is 1.54. The molecular formula is C28H26N4O8S2. The molecule has 1 unspecified atom stereocenters. The number of nitrogens with zero attached hydrogens (tertiary/aromatic N) is 2. The molecule has 14 heteroatoms. The number of amidine groups is 1. The second kappa shape index (κ2) is 11.4. The molecule has 0 saturated carbocycles. The molecule has 0 spiro atoms. The first-order chi connectivity index (χ1) is 20.0. The Morgan fingerprint density at radius 3 is 2.50 bits per heavy atom. The number of carboxylic acid groups (broad SMARTS) is 1. The quantitative estimate of drug-likeness (QED) is 0.193. The molecule has 218 valence electrons. The van der Waals surface area contributed by atoms with E-state index in [0.717, 1.165) is 30.0 Å². The Labute approximate surface area is 245 Å². The predicted molar refractivity (Wildman–Crippen MR) is 157 cm³/mol. The van der Waals surface area contributed by atoms with Crippen LogP contribution in [0, 0.1) is 0 Å². The van der Waals surface area contributed by atoms with Crippen LogP contribution in [0.5, 0.6) is 11.5 Å². The Morgan fingerprint density at radius 2 is 1.79 bits per heavy atom. The van der Waals surface area contributed by atoms with Crippen molar-refractivity contribution < 1.29 is 38.5 Å². The van der Waals surface area contributed by atoms with Gasteiger partial charge in [0.15, 0.2) is 11.6 Å². The fraction of sp³-hybridized carbons (Fsp3) is 0.179. The number of hydroxylamine groups is 1. The predicted octanol–water partition coefficient (Wildman–Crippen LogP) is 4.80. The number of nitrogens with one attached hydrogen (secondary N) is 2. The molecule has 5 rings (SSSR count). The number of allylic oxidation sites excluding steroid dienone is 1. The normalized spacial score (nSPS) is 16.4. The Hall–Kier alpha value is -4.53. The van der Waals surface area contributed by atoms with Crippen LogP contribution in [0.1, 0.15) is 42.4 Å². The molecule has 0 fully saturated rings. The maximum Gasteiger partial charge on any atom is 0.419 e. The van der Waals surface area contributed by atoms with Crippen LogP contribution in [0.4, 0.5) is 16.2 Å². The largest absolute Gasteiger partial charge is 0.508 e. The van der Waals surface area contributed by atoms with Gasteiger partial charge < -0.3 is 15.3 Å². The third kappa shape index (κ3) is 5.64. The fourth-order valence-corrected chi connectivity index (χ4v) is 6.66. The van der Waals surface area contributed by atoms with E-state index in [9.17, 15) is 33.4 Å². The number of carbonyl (C=O) groups excluding carboxylic acids is 1. The lowest BCUT2D eigenvalue weighted by Crippen LogP contribution is -2.37. The number of aromatic hydroxyl groups is 2. The van der Waals surface area contributed by atoms with E-state index in [4.69, 9.17) is 5.11 Å². The number of fused-ring (bicyclic) bond motifs is 2. The summed E-state index contributed by atoms with van der Waals surface area (Å²) < 4.78 is 31.6. The molecule has 0 saturated heterocycles. The third-order valence-corrected chi connectivity index (χ3v) is 8.63. The molecule has 1 aliphatic heterocycles. The van der Waals surface area contributed by atoms with Gasteiger partial charge in [-0.1, -0.05) is 49.4 Å². The van der Waals surface area contributed by atoms with Gasteiger partial charge in [-0.2, -0.15) is 12.8 Å². The number of phenols is 2. The number of Topliss-reactive ketones (excluding diaryl/α,β-unsaturated/α-hetero) is 1. The number of phenolic OH excluding ortho intramolecular Hbond substituents is 2. The lowest BCUT2D eigenvalue weighted by molar-refractivity contribution is -0.116. The van der Waals surface area contributed by atoms with E-state index < -0.39 is 28.0 Å². The lowest BCUT2D eigenvalue weighted by Gasteiger charge is -2.32. The van der Waals surface area contributed by atoms with Crippen LogP contribution >= 0.6 is 11.9 Å². The van der Waals surface area contributed by atoms with Crippen molar-refractivity contribution in [2.24, 2.45) is 4.40 Å². The zero-order chi connectivity index (χ0) is 30.2. The summed E-state index contributed by atoms with van der Waals surface area (Å²) in [6.07, 6.45) is -0.00369. The van der Waals surface area contributed by atoms with Gasteiger partial charge in [0.05, 0.1) is 16.2 Å². The van der Waals surface area contributed by atoms with Crippen molar-refractivity contribution >= 4 is 56.8 Å². The van der Waals surface area contributed by atoms with E-state index in [1.807, 2.05) is 41.1 Å². The van der Waals surface area contributed by atoms with Crippen LogP contribution in [-0.2, 0) is 21.4 Å². The molecule has 0 aromatic heterocycles. The van der Waals surface area contributed by atoms with Crippen molar-refractivity contribution in [3.05, 3.63) is 82.9 Å². The highest BCUT2D eigenvalue weighted by atomic mass is 32.2. The number of rotatable bonds is 8. The van der Waals surface area contributed by atoms with Crippen LogP contribution < -0.4 is 14.5 Å². The van der Waals surface area contributed by atoms with E-state index in [1.54, 1.807) is 13.0 Å². The van der Waals surface area contributed by atoms with Crippen molar-refractivity contribution in [3.8, 4) is 11.5 Å². The average molecular weight is 611 g/mol. The minimum Gasteiger partial charge on any atom is -0.508 e. The highest BCUT2D eigenvalue weighted by Crippen LogP contribution is 2.48. The summed E-state index contributed by atoms with van der Waals surface area (Å²) in [5.41, 5.74) is 2.67. The van der Waals surface area contributed by atoms with Crippen molar-refractivity contribution in [2.45, 2.75) is 37.0 Å². The summed E-state index contributed by atoms with van der Waals surface area (Å²) >= 11 is 0.792. The summed E-state index contributed by atoms with van der Waals surface area (Å²) in [6.45, 7) is 1.66. The molecule has 1 aliphatic carbocycles. The number of aryl methyl sites for hydroxylation is 1. The van der Waals surface area contributed by atoms with Gasteiger partial charge in [-0.05, 0) is 48.1 Å². The second-order valence-corrected chi connectivity index (χ2v) is 11.9. The molecule has 1 atom stereocenters. The van der Waals surface area contributed by atoms with Crippen LogP contribution in [-0.4, -0.2) is 46.7 Å². The average Bonchev–Trinajstić information content (AvgIpc) is 2.91. The van der Waals surface area contributed by atoms with Gasteiger partial charge in [-0.15, -0.1) is 0 Å². The molecule has 42 heavy (non-hydrogen) atoms. The van der Waals surface area contributed by atoms with Crippen molar-refractivity contribution in [3.63, 3.8) is 0 Å². The zero-order valence-electron chi connectivity index (χ0n) is 22.1. The van der Waals surface area contributed by atoms with Gasteiger partial charge in [0.2, 0.25) is 0 Å². The van der Waals surface area contributed by atoms with Crippen LogP contribution in [0.25, 0.3) is 5.57 Å². The van der Waals surface area contributed by atoms with E-state index >= 15 is 0 Å². The number of anilines is 2. The first kappa shape index (κ1) is 29.0. The number of benzene rings is 3. The minimum absolute atomic E-state index is 0.0101. The molecule has 12 nitrogen and oxygen atoms in total.